The molecule has 8 heteroatoms. The number of aromatic nitrogens is 4. The maximum absolute atomic E-state index is 12.3. The van der Waals surface area contributed by atoms with Gasteiger partial charge in [-0.2, -0.15) is 4.98 Å². The number of nitrogens with one attached hydrogen (secondary N) is 1. The molecule has 0 aliphatic heterocycles. The number of methoxy groups -OCH3 is 1. The Morgan fingerprint density at radius 3 is 3.00 bits per heavy atom. The number of rotatable bonds is 5. The second-order valence-electron chi connectivity index (χ2n) is 6.27. The zero-order valence-electron chi connectivity index (χ0n) is 14.7. The lowest BCUT2D eigenvalue weighted by Crippen LogP contribution is -2.19. The molecule has 2 heterocycles. The maximum Gasteiger partial charge on any atom is 0.246 e. The highest BCUT2D eigenvalue weighted by Gasteiger charge is 2.15. The number of hydrogen-bond acceptors (Lipinski definition) is 6. The number of anilines is 1. The fraction of sp³-hybridized carbons (Fsp3) is 0.333. The Kier molecular flexibility index (Phi) is 4.42. The predicted octanol–water partition coefficient (Wildman–Crippen LogP) is 2.85. The van der Waals surface area contributed by atoms with Crippen LogP contribution in [0.4, 0.5) is 5.69 Å². The lowest BCUT2D eigenvalue weighted by Gasteiger charge is -2.07. The molecule has 26 heavy (non-hydrogen) atoms. The fourth-order valence-corrected chi connectivity index (χ4v) is 3.99. The summed E-state index contributed by atoms with van der Waals surface area (Å²) in [5.41, 5.74) is 4.18. The molecule has 1 aromatic carbocycles. The predicted molar refractivity (Wildman–Crippen MR) is 99.5 cm³/mol. The molecule has 4 rings (SSSR count). The van der Waals surface area contributed by atoms with E-state index < -0.39 is 0 Å². The first-order valence-corrected chi connectivity index (χ1v) is 9.27. The van der Waals surface area contributed by atoms with Crippen LogP contribution in [0.5, 0.6) is 5.88 Å². The van der Waals surface area contributed by atoms with Crippen LogP contribution >= 0.6 is 11.3 Å². The van der Waals surface area contributed by atoms with Crippen molar-refractivity contribution in [3.05, 3.63) is 40.4 Å². The van der Waals surface area contributed by atoms with Crippen molar-refractivity contribution in [3.8, 4) is 16.6 Å². The summed E-state index contributed by atoms with van der Waals surface area (Å²) in [4.78, 5) is 17.6. The smallest absolute Gasteiger partial charge is 0.246 e. The lowest BCUT2D eigenvalue weighted by molar-refractivity contribution is -0.116. The first-order valence-electron chi connectivity index (χ1n) is 8.46. The molecule has 0 unspecified atom stereocenters. The van der Waals surface area contributed by atoms with Crippen LogP contribution in [0.1, 0.15) is 22.4 Å². The van der Waals surface area contributed by atoms with Crippen LogP contribution in [0, 0.1) is 6.92 Å². The van der Waals surface area contributed by atoms with Crippen LogP contribution in [0.15, 0.2) is 24.4 Å². The Balaban J connectivity index is 1.42. The zero-order chi connectivity index (χ0) is 18.1. The van der Waals surface area contributed by atoms with Gasteiger partial charge < -0.3 is 10.1 Å². The molecular weight excluding hydrogens is 350 g/mol. The number of hydrogen-bond donors (Lipinski definition) is 1. The van der Waals surface area contributed by atoms with E-state index in [0.717, 1.165) is 28.4 Å². The van der Waals surface area contributed by atoms with E-state index in [1.807, 2.05) is 13.0 Å². The van der Waals surface area contributed by atoms with E-state index in [0.29, 0.717) is 11.6 Å². The number of amides is 1. The van der Waals surface area contributed by atoms with Crippen LogP contribution in [0.25, 0.3) is 10.7 Å². The van der Waals surface area contributed by atoms with E-state index in [4.69, 9.17) is 4.74 Å². The standard InChI is InChI=1S/C18H19N5O2S/c1-11-17(25-2)20-18(26-11)15-9-23(22-21-15)10-16(24)19-14-7-6-12-4-3-5-13(12)8-14/h6-9H,3-5,10H2,1-2H3,(H,19,24). The number of fused-ring (bicyclic) bond motifs is 1. The molecule has 0 spiro atoms. The third-order valence-electron chi connectivity index (χ3n) is 4.39. The van der Waals surface area contributed by atoms with Crippen molar-refractivity contribution in [2.24, 2.45) is 0 Å². The summed E-state index contributed by atoms with van der Waals surface area (Å²) < 4.78 is 6.71. The monoisotopic (exact) mass is 369 g/mol. The second-order valence-corrected chi connectivity index (χ2v) is 7.47. The summed E-state index contributed by atoms with van der Waals surface area (Å²) in [7, 11) is 1.59. The van der Waals surface area contributed by atoms with Crippen molar-refractivity contribution in [1.29, 1.82) is 0 Å². The highest BCUT2D eigenvalue weighted by Crippen LogP contribution is 2.30. The van der Waals surface area contributed by atoms with E-state index in [1.54, 1.807) is 13.3 Å². The summed E-state index contributed by atoms with van der Waals surface area (Å²) in [6.45, 7) is 2.04. The van der Waals surface area contributed by atoms with Gasteiger partial charge in [0.15, 0.2) is 0 Å². The second kappa shape index (κ2) is 6.87. The summed E-state index contributed by atoms with van der Waals surface area (Å²) in [6.07, 6.45) is 5.13. The maximum atomic E-state index is 12.3. The molecule has 7 nitrogen and oxygen atoms in total. The van der Waals surface area contributed by atoms with Gasteiger partial charge in [-0.1, -0.05) is 11.3 Å². The van der Waals surface area contributed by atoms with Crippen LogP contribution in [-0.4, -0.2) is 33.0 Å². The third-order valence-corrected chi connectivity index (χ3v) is 5.37. The molecule has 134 valence electrons. The molecule has 0 bridgehead atoms. The highest BCUT2D eigenvalue weighted by atomic mass is 32.1. The molecule has 0 radical (unpaired) electrons. The molecule has 0 saturated carbocycles. The van der Waals surface area contributed by atoms with Crippen molar-refractivity contribution in [2.45, 2.75) is 32.7 Å². The first kappa shape index (κ1) is 16.7. The largest absolute Gasteiger partial charge is 0.480 e. The first-order chi connectivity index (χ1) is 12.6. The summed E-state index contributed by atoms with van der Waals surface area (Å²) in [6, 6.07) is 6.13. The molecule has 1 aliphatic rings. The van der Waals surface area contributed by atoms with Gasteiger partial charge in [-0.3, -0.25) is 4.79 Å². The molecule has 1 N–H and O–H groups in total. The van der Waals surface area contributed by atoms with Gasteiger partial charge in [0.2, 0.25) is 11.8 Å². The number of carbonyl (C=O) groups excluding carboxylic acids is 1. The summed E-state index contributed by atoms with van der Waals surface area (Å²) in [5, 5.41) is 11.8. The number of carbonyl (C=O) groups is 1. The average Bonchev–Trinajstić information content (AvgIpc) is 3.33. The Morgan fingerprint density at radius 2 is 2.19 bits per heavy atom. The number of benzene rings is 1. The van der Waals surface area contributed by atoms with Crippen molar-refractivity contribution >= 4 is 22.9 Å². The van der Waals surface area contributed by atoms with E-state index in [1.165, 1.54) is 33.6 Å². The minimum atomic E-state index is -0.132. The Labute approximate surface area is 155 Å². The van der Waals surface area contributed by atoms with Gasteiger partial charge in [0.25, 0.3) is 0 Å². The topological polar surface area (TPSA) is 81.9 Å². The molecule has 3 aromatic rings. The molecule has 0 atom stereocenters. The van der Waals surface area contributed by atoms with Gasteiger partial charge >= 0.3 is 0 Å². The third kappa shape index (κ3) is 3.32. The van der Waals surface area contributed by atoms with Gasteiger partial charge in [0.05, 0.1) is 18.2 Å². The van der Waals surface area contributed by atoms with Crippen LogP contribution in [0.3, 0.4) is 0 Å². The quantitative estimate of drug-likeness (QED) is 0.748. The molecule has 1 amide bonds. The van der Waals surface area contributed by atoms with Crippen molar-refractivity contribution in [2.75, 3.05) is 12.4 Å². The van der Waals surface area contributed by atoms with Crippen molar-refractivity contribution in [3.63, 3.8) is 0 Å². The molecule has 2 aromatic heterocycles. The van der Waals surface area contributed by atoms with Gasteiger partial charge in [-0.15, -0.1) is 16.4 Å². The molecule has 0 fully saturated rings. The molecular formula is C18H19N5O2S. The Hall–Kier alpha value is -2.74. The van der Waals surface area contributed by atoms with Crippen LogP contribution < -0.4 is 10.1 Å². The van der Waals surface area contributed by atoms with E-state index in [-0.39, 0.29) is 12.5 Å². The van der Waals surface area contributed by atoms with Crippen LogP contribution in [-0.2, 0) is 24.2 Å². The highest BCUT2D eigenvalue weighted by molar-refractivity contribution is 7.15. The number of thiazole rings is 1. The average molecular weight is 369 g/mol. The van der Waals surface area contributed by atoms with E-state index >= 15 is 0 Å². The van der Waals surface area contributed by atoms with Gasteiger partial charge in [-0.25, -0.2) is 4.68 Å². The Morgan fingerprint density at radius 1 is 1.35 bits per heavy atom. The van der Waals surface area contributed by atoms with Crippen molar-refractivity contribution < 1.29 is 9.53 Å². The van der Waals surface area contributed by atoms with E-state index in [2.05, 4.69) is 32.7 Å². The molecule has 1 aliphatic carbocycles. The van der Waals surface area contributed by atoms with Gasteiger partial charge in [-0.05, 0) is 49.4 Å². The molecule has 0 saturated heterocycles. The minimum Gasteiger partial charge on any atom is -0.480 e. The number of aryl methyl sites for hydroxylation is 3. The normalized spacial score (nSPS) is 12.8. The minimum absolute atomic E-state index is 0.103. The number of nitrogens with zero attached hydrogens (tertiary/aromatic N) is 4. The SMILES string of the molecule is COc1nc(-c2cn(CC(=O)Nc3ccc4c(c3)CCC4)nn2)sc1C. The zero-order valence-corrected chi connectivity index (χ0v) is 15.5. The fourth-order valence-electron chi connectivity index (χ4n) is 3.15. The van der Waals surface area contributed by atoms with Gasteiger partial charge in [0, 0.05) is 5.69 Å². The summed E-state index contributed by atoms with van der Waals surface area (Å²) >= 11 is 1.49. The van der Waals surface area contributed by atoms with Gasteiger partial charge in [0.1, 0.15) is 17.2 Å². The van der Waals surface area contributed by atoms with Crippen molar-refractivity contribution in [1.82, 2.24) is 20.0 Å². The number of ether oxygens (including phenoxy) is 1. The summed E-state index contributed by atoms with van der Waals surface area (Å²) in [5.74, 6) is 0.459. The lowest BCUT2D eigenvalue weighted by atomic mass is 10.1. The Bertz CT molecular complexity index is 962. The van der Waals surface area contributed by atoms with E-state index in [9.17, 15) is 4.79 Å². The van der Waals surface area contributed by atoms with Crippen LogP contribution in [0.2, 0.25) is 0 Å².